The van der Waals surface area contributed by atoms with Crippen LogP contribution in [0.4, 0.5) is 0 Å². The second kappa shape index (κ2) is 9.64. The number of amides is 1. The number of carbonyl (C=O) groups excluding carboxylic acids is 1. The van der Waals surface area contributed by atoms with E-state index in [0.29, 0.717) is 37.8 Å². The fourth-order valence-corrected chi connectivity index (χ4v) is 4.44. The Kier molecular flexibility index (Phi) is 7.79. The van der Waals surface area contributed by atoms with Crippen LogP contribution in [0.15, 0.2) is 23.1 Å². The number of sulfonamides is 1. The lowest BCUT2D eigenvalue weighted by Crippen LogP contribution is -2.52. The topological polar surface area (TPSA) is 76.2 Å². The molecule has 27 heavy (non-hydrogen) atoms. The van der Waals surface area contributed by atoms with Crippen molar-refractivity contribution in [3.8, 4) is 0 Å². The zero-order valence-electron chi connectivity index (χ0n) is 16.6. The number of carbonyl (C=O) groups is 1. The predicted octanol–water partition coefficient (Wildman–Crippen LogP) is 1.58. The van der Waals surface area contributed by atoms with Gasteiger partial charge in [0, 0.05) is 32.8 Å². The van der Waals surface area contributed by atoms with Crippen LogP contribution in [0.1, 0.15) is 25.0 Å². The van der Waals surface area contributed by atoms with Gasteiger partial charge in [0.1, 0.15) is 6.10 Å². The second-order valence-corrected chi connectivity index (χ2v) is 8.62. The lowest BCUT2D eigenvalue weighted by atomic mass is 10.1. The number of benzene rings is 1. The number of ether oxygens (including phenoxy) is 2. The molecule has 0 N–H and O–H groups in total. The largest absolute Gasteiger partial charge is 0.379 e. The average Bonchev–Trinajstić information content (AvgIpc) is 2.66. The van der Waals surface area contributed by atoms with Crippen molar-refractivity contribution in [3.05, 3.63) is 29.3 Å². The second-order valence-electron chi connectivity index (χ2n) is 6.69. The molecule has 8 heteroatoms. The molecule has 2 rings (SSSR count). The van der Waals surface area contributed by atoms with Gasteiger partial charge in [0.2, 0.25) is 10.0 Å². The van der Waals surface area contributed by atoms with Crippen molar-refractivity contribution in [3.63, 3.8) is 0 Å². The van der Waals surface area contributed by atoms with E-state index in [2.05, 4.69) is 0 Å². The first-order valence-electron chi connectivity index (χ1n) is 9.33. The van der Waals surface area contributed by atoms with Crippen LogP contribution in [-0.4, -0.2) is 75.6 Å². The molecule has 0 spiro atoms. The molecule has 1 atom stereocenters. The zero-order valence-corrected chi connectivity index (χ0v) is 17.4. The maximum Gasteiger partial charge on any atom is 0.251 e. The van der Waals surface area contributed by atoms with Gasteiger partial charge in [0.25, 0.3) is 5.91 Å². The summed E-state index contributed by atoms with van der Waals surface area (Å²) in [7, 11) is -3.54. The third-order valence-electron chi connectivity index (χ3n) is 4.81. The summed E-state index contributed by atoms with van der Waals surface area (Å²) >= 11 is 0. The number of nitrogens with zero attached hydrogens (tertiary/aromatic N) is 2. The first kappa shape index (κ1) is 21.8. The number of aryl methyl sites for hydroxylation is 2. The van der Waals surface area contributed by atoms with E-state index in [1.165, 1.54) is 4.31 Å². The monoisotopic (exact) mass is 398 g/mol. The highest BCUT2D eigenvalue weighted by Gasteiger charge is 2.31. The van der Waals surface area contributed by atoms with Gasteiger partial charge in [-0.3, -0.25) is 4.79 Å². The smallest absolute Gasteiger partial charge is 0.251 e. The Morgan fingerprint density at radius 3 is 2.37 bits per heavy atom. The normalized spacial score (nSPS) is 17.1. The molecule has 0 aromatic heterocycles. The summed E-state index contributed by atoms with van der Waals surface area (Å²) in [5.41, 5.74) is 2.01. The first-order valence-corrected chi connectivity index (χ1v) is 10.8. The van der Waals surface area contributed by atoms with Crippen LogP contribution in [-0.2, 0) is 24.3 Å². The Bertz CT molecular complexity index is 742. The fourth-order valence-electron chi connectivity index (χ4n) is 2.93. The minimum Gasteiger partial charge on any atom is -0.379 e. The molecule has 0 saturated carbocycles. The van der Waals surface area contributed by atoms with Crippen LogP contribution >= 0.6 is 0 Å². The summed E-state index contributed by atoms with van der Waals surface area (Å²) in [4.78, 5) is 14.4. The van der Waals surface area contributed by atoms with Gasteiger partial charge in [-0.15, -0.1) is 0 Å². The summed E-state index contributed by atoms with van der Waals surface area (Å²) in [5, 5.41) is 0. The first-order chi connectivity index (χ1) is 12.8. The molecule has 7 nitrogen and oxygen atoms in total. The summed E-state index contributed by atoms with van der Waals surface area (Å²) in [6.45, 7) is 10.2. The third kappa shape index (κ3) is 5.51. The summed E-state index contributed by atoms with van der Waals surface area (Å²) < 4.78 is 37.8. The Labute approximate surface area is 162 Å². The molecular weight excluding hydrogens is 368 g/mol. The Morgan fingerprint density at radius 2 is 1.78 bits per heavy atom. The fraction of sp³-hybridized carbons (Fsp3) is 0.632. The molecule has 0 aliphatic carbocycles. The standard InChI is InChI=1S/C19H30N2O5S/c1-5-25-12-13-26-17(4)19(22)20-8-10-21(11-9-20)27(23,24)18-7-6-15(2)16(3)14-18/h6-7,14,17H,5,8-13H2,1-4H3. The van der Waals surface area contributed by atoms with Crippen molar-refractivity contribution in [2.24, 2.45) is 0 Å². The van der Waals surface area contributed by atoms with Crippen LogP contribution in [0, 0.1) is 13.8 Å². The van der Waals surface area contributed by atoms with E-state index >= 15 is 0 Å². The predicted molar refractivity (Wildman–Crippen MR) is 103 cm³/mol. The molecule has 1 unspecified atom stereocenters. The summed E-state index contributed by atoms with van der Waals surface area (Å²) in [6, 6.07) is 5.17. The third-order valence-corrected chi connectivity index (χ3v) is 6.71. The highest BCUT2D eigenvalue weighted by atomic mass is 32.2. The van der Waals surface area contributed by atoms with Crippen molar-refractivity contribution in [1.29, 1.82) is 0 Å². The van der Waals surface area contributed by atoms with Crippen molar-refractivity contribution in [1.82, 2.24) is 9.21 Å². The van der Waals surface area contributed by atoms with E-state index in [9.17, 15) is 13.2 Å². The minimum atomic E-state index is -3.54. The van der Waals surface area contributed by atoms with Gasteiger partial charge in [0.05, 0.1) is 18.1 Å². The van der Waals surface area contributed by atoms with Crippen molar-refractivity contribution < 1.29 is 22.7 Å². The summed E-state index contributed by atoms with van der Waals surface area (Å²) in [6.07, 6.45) is -0.562. The van der Waals surface area contributed by atoms with Gasteiger partial charge in [-0.2, -0.15) is 4.31 Å². The highest BCUT2D eigenvalue weighted by Crippen LogP contribution is 2.20. The quantitative estimate of drug-likeness (QED) is 0.622. The maximum absolute atomic E-state index is 12.8. The van der Waals surface area contributed by atoms with Gasteiger partial charge in [-0.05, 0) is 51.0 Å². The highest BCUT2D eigenvalue weighted by molar-refractivity contribution is 7.89. The lowest BCUT2D eigenvalue weighted by Gasteiger charge is -2.35. The molecular formula is C19H30N2O5S. The maximum atomic E-state index is 12.8. The lowest BCUT2D eigenvalue weighted by molar-refractivity contribution is -0.144. The van der Waals surface area contributed by atoms with Gasteiger partial charge >= 0.3 is 0 Å². The van der Waals surface area contributed by atoms with Crippen molar-refractivity contribution >= 4 is 15.9 Å². The van der Waals surface area contributed by atoms with Crippen molar-refractivity contribution in [2.45, 2.75) is 38.7 Å². The number of rotatable bonds is 8. The zero-order chi connectivity index (χ0) is 20.0. The van der Waals surface area contributed by atoms with Gasteiger partial charge in [-0.25, -0.2) is 8.42 Å². The van der Waals surface area contributed by atoms with Crippen LogP contribution < -0.4 is 0 Å². The molecule has 1 aromatic carbocycles. The number of hydrogen-bond donors (Lipinski definition) is 0. The summed E-state index contributed by atoms with van der Waals surface area (Å²) in [5.74, 6) is -0.116. The van der Waals surface area contributed by atoms with Crippen LogP contribution in [0.2, 0.25) is 0 Å². The molecule has 1 fully saturated rings. The van der Waals surface area contributed by atoms with E-state index in [1.807, 2.05) is 26.8 Å². The molecule has 0 radical (unpaired) electrons. The van der Waals surface area contributed by atoms with Gasteiger partial charge in [0.15, 0.2) is 0 Å². The molecule has 0 bridgehead atoms. The van der Waals surface area contributed by atoms with E-state index in [4.69, 9.17) is 9.47 Å². The van der Waals surface area contributed by atoms with Crippen LogP contribution in [0.3, 0.4) is 0 Å². The number of piperazine rings is 1. The van der Waals surface area contributed by atoms with Crippen molar-refractivity contribution in [2.75, 3.05) is 46.0 Å². The van der Waals surface area contributed by atoms with Gasteiger partial charge in [-0.1, -0.05) is 6.07 Å². The molecule has 1 aliphatic heterocycles. The molecule has 1 saturated heterocycles. The average molecular weight is 399 g/mol. The Hall–Kier alpha value is -1.48. The molecule has 1 aromatic rings. The molecule has 152 valence electrons. The van der Waals surface area contributed by atoms with Gasteiger partial charge < -0.3 is 14.4 Å². The molecule has 1 heterocycles. The Balaban J connectivity index is 1.92. The minimum absolute atomic E-state index is 0.116. The Morgan fingerprint density at radius 1 is 1.11 bits per heavy atom. The van der Waals surface area contributed by atoms with E-state index in [-0.39, 0.29) is 19.0 Å². The molecule has 1 aliphatic rings. The molecule has 1 amide bonds. The SMILES string of the molecule is CCOCCOC(C)C(=O)N1CCN(S(=O)(=O)c2ccc(C)c(C)c2)CC1. The van der Waals surface area contributed by atoms with Crippen LogP contribution in [0.25, 0.3) is 0 Å². The van der Waals surface area contributed by atoms with E-state index < -0.39 is 16.1 Å². The van der Waals surface area contributed by atoms with Crippen LogP contribution in [0.5, 0.6) is 0 Å². The number of hydrogen-bond acceptors (Lipinski definition) is 5. The van der Waals surface area contributed by atoms with E-state index in [1.54, 1.807) is 24.0 Å². The van der Waals surface area contributed by atoms with E-state index in [0.717, 1.165) is 11.1 Å².